The van der Waals surface area contributed by atoms with Crippen molar-refractivity contribution in [3.05, 3.63) is 65.9 Å². The van der Waals surface area contributed by atoms with Crippen molar-refractivity contribution in [1.82, 2.24) is 14.7 Å². The Kier molecular flexibility index (Phi) is 8.24. The Morgan fingerprint density at radius 3 is 2.44 bits per heavy atom. The Labute approximate surface area is 188 Å². The summed E-state index contributed by atoms with van der Waals surface area (Å²) in [5, 5.41) is 4.72. The van der Waals surface area contributed by atoms with E-state index in [-0.39, 0.29) is 12.5 Å². The predicted octanol–water partition coefficient (Wildman–Crippen LogP) is 3.60. The number of carbonyl (C=O) groups is 1. The van der Waals surface area contributed by atoms with Crippen molar-refractivity contribution in [3.8, 4) is 23.1 Å². The lowest BCUT2D eigenvalue weighted by atomic mass is 10.2. The van der Waals surface area contributed by atoms with Gasteiger partial charge in [0.2, 0.25) is 11.8 Å². The summed E-state index contributed by atoms with van der Waals surface area (Å²) in [6.07, 6.45) is 0. The summed E-state index contributed by atoms with van der Waals surface area (Å²) in [6.45, 7) is 3.04. The maximum atomic E-state index is 12.7. The van der Waals surface area contributed by atoms with Crippen molar-refractivity contribution in [2.24, 2.45) is 0 Å². The smallest absolute Gasteiger partial charge is 0.248 e. The van der Waals surface area contributed by atoms with Crippen LogP contribution in [0.15, 0.2) is 54.6 Å². The number of rotatable bonds is 11. The topological polar surface area (TPSA) is 75.0 Å². The average molecular weight is 440 g/mol. The van der Waals surface area contributed by atoms with Crippen molar-refractivity contribution in [1.29, 1.82) is 0 Å². The van der Waals surface area contributed by atoms with Gasteiger partial charge in [0, 0.05) is 26.8 Å². The van der Waals surface area contributed by atoms with Crippen LogP contribution in [0.4, 0.5) is 0 Å². The van der Waals surface area contributed by atoms with Crippen LogP contribution in [0, 0.1) is 6.92 Å². The highest BCUT2D eigenvalue weighted by Gasteiger charge is 2.23. The van der Waals surface area contributed by atoms with Gasteiger partial charge in [-0.15, -0.1) is 0 Å². The number of hydrogen-bond acceptors (Lipinski definition) is 6. The molecule has 1 amide bonds. The molecular formula is C24H29N3O5. The molecule has 0 saturated heterocycles. The highest BCUT2D eigenvalue weighted by Crippen LogP contribution is 2.33. The number of aryl methyl sites for hydroxylation is 1. The van der Waals surface area contributed by atoms with Crippen LogP contribution >= 0.6 is 0 Å². The Morgan fingerprint density at radius 2 is 1.75 bits per heavy atom. The van der Waals surface area contributed by atoms with Crippen molar-refractivity contribution in [2.75, 3.05) is 41.1 Å². The van der Waals surface area contributed by atoms with Gasteiger partial charge in [0.15, 0.2) is 0 Å². The third-order valence-corrected chi connectivity index (χ3v) is 4.93. The normalized spacial score (nSPS) is 10.8. The zero-order chi connectivity index (χ0) is 22.9. The fourth-order valence-electron chi connectivity index (χ4n) is 3.24. The van der Waals surface area contributed by atoms with Crippen LogP contribution in [0.1, 0.15) is 11.3 Å². The minimum atomic E-state index is -0.135. The lowest BCUT2D eigenvalue weighted by Crippen LogP contribution is -2.36. The first kappa shape index (κ1) is 23.3. The highest BCUT2D eigenvalue weighted by molar-refractivity contribution is 5.77. The molecule has 8 heteroatoms. The summed E-state index contributed by atoms with van der Waals surface area (Å²) in [5.74, 6) is 1.69. The van der Waals surface area contributed by atoms with E-state index in [0.29, 0.717) is 37.1 Å². The van der Waals surface area contributed by atoms with E-state index in [0.717, 1.165) is 16.9 Å². The molecule has 170 valence electrons. The largest absolute Gasteiger partial charge is 0.497 e. The minimum absolute atomic E-state index is 0.0122. The molecule has 0 saturated carbocycles. The first-order chi connectivity index (χ1) is 15.6. The lowest BCUT2D eigenvalue weighted by Gasteiger charge is -2.22. The summed E-state index contributed by atoms with van der Waals surface area (Å²) < 4.78 is 23.7. The molecule has 0 aliphatic rings. The molecule has 8 nitrogen and oxygen atoms in total. The number of methoxy groups -OCH3 is 3. The monoisotopic (exact) mass is 439 g/mol. The summed E-state index contributed by atoms with van der Waals surface area (Å²) in [7, 11) is 4.72. The number of para-hydroxylation sites is 1. The number of aromatic nitrogens is 2. The molecule has 0 fully saturated rings. The van der Waals surface area contributed by atoms with Gasteiger partial charge < -0.3 is 23.8 Å². The van der Waals surface area contributed by atoms with Gasteiger partial charge in [-0.2, -0.15) is 5.10 Å². The second kappa shape index (κ2) is 11.3. The van der Waals surface area contributed by atoms with E-state index < -0.39 is 0 Å². The van der Waals surface area contributed by atoms with E-state index in [9.17, 15) is 4.79 Å². The van der Waals surface area contributed by atoms with Crippen LogP contribution in [0.2, 0.25) is 0 Å². The molecule has 0 aliphatic heterocycles. The molecule has 32 heavy (non-hydrogen) atoms. The molecule has 3 aromatic rings. The fourth-order valence-corrected chi connectivity index (χ4v) is 3.24. The van der Waals surface area contributed by atoms with Gasteiger partial charge in [-0.3, -0.25) is 4.79 Å². The molecule has 0 bridgehead atoms. The van der Waals surface area contributed by atoms with Gasteiger partial charge >= 0.3 is 0 Å². The molecular weight excluding hydrogens is 410 g/mol. The number of nitrogens with zero attached hydrogens (tertiary/aromatic N) is 3. The highest BCUT2D eigenvalue weighted by atomic mass is 16.5. The van der Waals surface area contributed by atoms with Crippen LogP contribution in [0.25, 0.3) is 5.69 Å². The zero-order valence-corrected chi connectivity index (χ0v) is 18.9. The Hall–Kier alpha value is -3.36. The van der Waals surface area contributed by atoms with Crippen molar-refractivity contribution in [2.45, 2.75) is 13.5 Å². The number of amides is 1. The van der Waals surface area contributed by atoms with Gasteiger partial charge in [0.25, 0.3) is 0 Å². The molecule has 3 rings (SSSR count). The quantitative estimate of drug-likeness (QED) is 0.454. The van der Waals surface area contributed by atoms with Crippen LogP contribution in [-0.2, 0) is 20.8 Å². The standard InChI is InChI=1S/C24H29N3O5/c1-18-22(16-26(13-14-29-2)23(28)17-30-3)24(27(25-18)19-9-6-5-7-10-19)32-21-12-8-11-20(15-21)31-4/h5-12,15H,13-14,16-17H2,1-4H3. The van der Waals surface area contributed by atoms with Crippen molar-refractivity contribution < 1.29 is 23.7 Å². The van der Waals surface area contributed by atoms with Crippen LogP contribution in [-0.4, -0.2) is 61.7 Å². The van der Waals surface area contributed by atoms with Gasteiger partial charge in [0.05, 0.1) is 37.2 Å². The molecule has 0 radical (unpaired) electrons. The maximum Gasteiger partial charge on any atom is 0.248 e. The minimum Gasteiger partial charge on any atom is -0.497 e. The van der Waals surface area contributed by atoms with Crippen LogP contribution in [0.3, 0.4) is 0 Å². The number of carbonyl (C=O) groups excluding carboxylic acids is 1. The molecule has 0 N–H and O–H groups in total. The summed E-state index contributed by atoms with van der Waals surface area (Å²) in [5.41, 5.74) is 2.42. The second-order valence-corrected chi connectivity index (χ2v) is 7.14. The number of hydrogen-bond donors (Lipinski definition) is 0. The maximum absolute atomic E-state index is 12.7. The van der Waals surface area contributed by atoms with E-state index in [2.05, 4.69) is 0 Å². The summed E-state index contributed by atoms with van der Waals surface area (Å²) >= 11 is 0. The third kappa shape index (κ3) is 5.66. The van der Waals surface area contributed by atoms with Gasteiger partial charge in [-0.05, 0) is 31.2 Å². The first-order valence-electron chi connectivity index (χ1n) is 10.3. The Bertz CT molecular complexity index is 1020. The SMILES string of the molecule is COCCN(Cc1c(C)nn(-c2ccccc2)c1Oc1cccc(OC)c1)C(=O)COC. The van der Waals surface area contributed by atoms with E-state index in [1.807, 2.05) is 55.5 Å². The van der Waals surface area contributed by atoms with Crippen molar-refractivity contribution >= 4 is 5.91 Å². The average Bonchev–Trinajstić information content (AvgIpc) is 3.12. The fraction of sp³-hybridized carbons (Fsp3) is 0.333. The van der Waals surface area contributed by atoms with E-state index in [4.69, 9.17) is 24.0 Å². The number of ether oxygens (including phenoxy) is 4. The van der Waals surface area contributed by atoms with E-state index >= 15 is 0 Å². The molecule has 1 heterocycles. The first-order valence-corrected chi connectivity index (χ1v) is 10.3. The lowest BCUT2D eigenvalue weighted by molar-refractivity contribution is -0.136. The van der Waals surface area contributed by atoms with Gasteiger partial charge in [0.1, 0.15) is 18.1 Å². The van der Waals surface area contributed by atoms with Crippen LogP contribution < -0.4 is 9.47 Å². The van der Waals surface area contributed by atoms with Crippen LogP contribution in [0.5, 0.6) is 17.4 Å². The van der Waals surface area contributed by atoms with E-state index in [1.165, 1.54) is 7.11 Å². The molecule has 0 spiro atoms. The molecule has 2 aromatic carbocycles. The predicted molar refractivity (Wildman–Crippen MR) is 121 cm³/mol. The molecule has 1 aromatic heterocycles. The molecule has 0 unspecified atom stereocenters. The zero-order valence-electron chi connectivity index (χ0n) is 18.9. The Morgan fingerprint density at radius 1 is 1.00 bits per heavy atom. The number of benzene rings is 2. The van der Waals surface area contributed by atoms with Crippen molar-refractivity contribution in [3.63, 3.8) is 0 Å². The van der Waals surface area contributed by atoms with Gasteiger partial charge in [-0.25, -0.2) is 4.68 Å². The third-order valence-electron chi connectivity index (χ3n) is 4.93. The van der Waals surface area contributed by atoms with Gasteiger partial charge in [-0.1, -0.05) is 24.3 Å². The summed E-state index contributed by atoms with van der Waals surface area (Å²) in [6, 6.07) is 17.1. The Balaban J connectivity index is 2.03. The molecule has 0 aliphatic carbocycles. The molecule has 0 atom stereocenters. The van der Waals surface area contributed by atoms with E-state index in [1.54, 1.807) is 29.9 Å². The summed E-state index contributed by atoms with van der Waals surface area (Å²) in [4.78, 5) is 14.3. The second-order valence-electron chi connectivity index (χ2n) is 7.14.